The van der Waals surface area contributed by atoms with Gasteiger partial charge in [-0.2, -0.15) is 0 Å². The van der Waals surface area contributed by atoms with Gasteiger partial charge in [0.05, 0.1) is 7.11 Å². The number of ether oxygens (including phenoxy) is 1. The Labute approximate surface area is 120 Å². The molecule has 0 atom stereocenters. The second kappa shape index (κ2) is 5.26. The van der Waals surface area contributed by atoms with Crippen molar-refractivity contribution < 1.29 is 13.2 Å². The van der Waals surface area contributed by atoms with E-state index in [0.29, 0.717) is 18.0 Å². The van der Waals surface area contributed by atoms with E-state index in [2.05, 4.69) is 11.6 Å². The third-order valence-electron chi connectivity index (χ3n) is 4.09. The van der Waals surface area contributed by atoms with Crippen molar-refractivity contribution in [1.82, 2.24) is 4.72 Å². The number of aryl methyl sites for hydroxylation is 1. The first-order valence-electron chi connectivity index (χ1n) is 6.71. The van der Waals surface area contributed by atoms with Crippen molar-refractivity contribution in [2.45, 2.75) is 38.0 Å². The summed E-state index contributed by atoms with van der Waals surface area (Å²) >= 11 is 0. The highest BCUT2D eigenvalue weighted by Crippen LogP contribution is 2.40. The standard InChI is InChI=1S/C14H22N2O3S/c1-10-7-12(19-3)13(8-11(10)15)20(17,18)16-9-14(2)5-4-6-14/h7-8,16H,4-6,9,15H2,1-3H3. The van der Waals surface area contributed by atoms with Crippen molar-refractivity contribution in [3.63, 3.8) is 0 Å². The zero-order chi connectivity index (χ0) is 15.0. The van der Waals surface area contributed by atoms with Gasteiger partial charge in [0.15, 0.2) is 0 Å². The average molecular weight is 298 g/mol. The zero-order valence-electron chi connectivity index (χ0n) is 12.2. The highest BCUT2D eigenvalue weighted by atomic mass is 32.2. The fourth-order valence-electron chi connectivity index (χ4n) is 2.35. The molecule has 0 saturated heterocycles. The molecule has 0 bridgehead atoms. The van der Waals surface area contributed by atoms with Crippen LogP contribution in [0.25, 0.3) is 0 Å². The molecule has 1 aromatic carbocycles. The lowest BCUT2D eigenvalue weighted by Crippen LogP contribution is -2.40. The summed E-state index contributed by atoms with van der Waals surface area (Å²) in [6.07, 6.45) is 3.28. The minimum absolute atomic E-state index is 0.0799. The number of rotatable bonds is 5. The van der Waals surface area contributed by atoms with Crippen molar-refractivity contribution in [2.75, 3.05) is 19.4 Å². The molecular weight excluding hydrogens is 276 g/mol. The molecule has 1 fully saturated rings. The fourth-order valence-corrected chi connectivity index (χ4v) is 3.73. The van der Waals surface area contributed by atoms with Crippen LogP contribution in [0.5, 0.6) is 5.75 Å². The molecule has 0 radical (unpaired) electrons. The quantitative estimate of drug-likeness (QED) is 0.815. The highest BCUT2D eigenvalue weighted by molar-refractivity contribution is 7.89. The molecular formula is C14H22N2O3S. The minimum atomic E-state index is -3.61. The summed E-state index contributed by atoms with van der Waals surface area (Å²) in [4.78, 5) is 0.103. The smallest absolute Gasteiger partial charge is 0.244 e. The van der Waals surface area contributed by atoms with Crippen LogP contribution in [0.2, 0.25) is 0 Å². The van der Waals surface area contributed by atoms with Gasteiger partial charge in [-0.15, -0.1) is 0 Å². The third-order valence-corrected chi connectivity index (χ3v) is 5.51. The molecule has 1 saturated carbocycles. The Hall–Kier alpha value is -1.27. The van der Waals surface area contributed by atoms with Gasteiger partial charge in [0.1, 0.15) is 10.6 Å². The van der Waals surface area contributed by atoms with Crippen LogP contribution in [0.15, 0.2) is 17.0 Å². The second-order valence-corrected chi connectivity index (χ2v) is 7.58. The molecule has 3 N–H and O–H groups in total. The van der Waals surface area contributed by atoms with Crippen molar-refractivity contribution >= 4 is 15.7 Å². The van der Waals surface area contributed by atoms with Gasteiger partial charge in [0.2, 0.25) is 10.0 Å². The third kappa shape index (κ3) is 2.91. The largest absolute Gasteiger partial charge is 0.495 e. The van der Waals surface area contributed by atoms with Crippen LogP contribution >= 0.6 is 0 Å². The number of nitrogens with two attached hydrogens (primary N) is 1. The molecule has 1 aromatic rings. The van der Waals surface area contributed by atoms with E-state index in [4.69, 9.17) is 10.5 Å². The maximum absolute atomic E-state index is 12.4. The summed E-state index contributed by atoms with van der Waals surface area (Å²) in [7, 11) is -2.15. The number of methoxy groups -OCH3 is 1. The van der Waals surface area contributed by atoms with E-state index in [1.807, 2.05) is 6.92 Å². The number of hydrogen-bond donors (Lipinski definition) is 2. The maximum Gasteiger partial charge on any atom is 0.244 e. The van der Waals surface area contributed by atoms with Gasteiger partial charge in [0, 0.05) is 12.2 Å². The van der Waals surface area contributed by atoms with Gasteiger partial charge >= 0.3 is 0 Å². The Morgan fingerprint density at radius 3 is 2.55 bits per heavy atom. The van der Waals surface area contributed by atoms with E-state index >= 15 is 0 Å². The molecule has 112 valence electrons. The molecule has 0 amide bonds. The van der Waals surface area contributed by atoms with Crippen LogP contribution in [0, 0.1) is 12.3 Å². The molecule has 2 rings (SSSR count). The van der Waals surface area contributed by atoms with Gasteiger partial charge in [-0.1, -0.05) is 13.3 Å². The molecule has 20 heavy (non-hydrogen) atoms. The van der Waals surface area contributed by atoms with Crippen molar-refractivity contribution in [1.29, 1.82) is 0 Å². The van der Waals surface area contributed by atoms with Crippen LogP contribution in [-0.4, -0.2) is 22.1 Å². The monoisotopic (exact) mass is 298 g/mol. The zero-order valence-corrected chi connectivity index (χ0v) is 13.0. The Kier molecular flexibility index (Phi) is 3.97. The first-order valence-corrected chi connectivity index (χ1v) is 8.19. The first kappa shape index (κ1) is 15.1. The maximum atomic E-state index is 12.4. The van der Waals surface area contributed by atoms with E-state index < -0.39 is 10.0 Å². The Morgan fingerprint density at radius 1 is 1.40 bits per heavy atom. The van der Waals surface area contributed by atoms with E-state index in [9.17, 15) is 8.42 Å². The number of nitrogen functional groups attached to an aromatic ring is 1. The van der Waals surface area contributed by atoms with Crippen molar-refractivity contribution in [2.24, 2.45) is 5.41 Å². The summed E-state index contributed by atoms with van der Waals surface area (Å²) in [6.45, 7) is 4.36. The van der Waals surface area contributed by atoms with Crippen LogP contribution in [0.4, 0.5) is 5.69 Å². The summed E-state index contributed by atoms with van der Waals surface area (Å²) in [5, 5.41) is 0. The van der Waals surface area contributed by atoms with Gasteiger partial charge < -0.3 is 10.5 Å². The summed E-state index contributed by atoms with van der Waals surface area (Å²) in [5.41, 5.74) is 7.14. The van der Waals surface area contributed by atoms with E-state index in [0.717, 1.165) is 18.4 Å². The number of hydrogen-bond acceptors (Lipinski definition) is 4. The van der Waals surface area contributed by atoms with E-state index in [1.165, 1.54) is 19.6 Å². The minimum Gasteiger partial charge on any atom is -0.495 e. The predicted octanol–water partition coefficient (Wildman–Crippen LogP) is 2.05. The first-order chi connectivity index (χ1) is 9.27. The molecule has 0 unspecified atom stereocenters. The fraction of sp³-hybridized carbons (Fsp3) is 0.571. The van der Waals surface area contributed by atoms with Crippen LogP contribution in [0.3, 0.4) is 0 Å². The van der Waals surface area contributed by atoms with Crippen LogP contribution < -0.4 is 15.2 Å². The summed E-state index contributed by atoms with van der Waals surface area (Å²) in [6, 6.07) is 3.11. The summed E-state index contributed by atoms with van der Waals surface area (Å²) in [5.74, 6) is 0.322. The lowest BCUT2D eigenvalue weighted by molar-refractivity contribution is 0.166. The lowest BCUT2D eigenvalue weighted by atomic mass is 9.71. The van der Waals surface area contributed by atoms with Crippen LogP contribution in [-0.2, 0) is 10.0 Å². The Balaban J connectivity index is 2.26. The number of anilines is 1. The van der Waals surface area contributed by atoms with Crippen molar-refractivity contribution in [3.05, 3.63) is 17.7 Å². The molecule has 5 nitrogen and oxygen atoms in total. The molecule has 0 spiro atoms. The molecule has 6 heteroatoms. The average Bonchev–Trinajstić information content (AvgIpc) is 2.36. The topological polar surface area (TPSA) is 81.4 Å². The van der Waals surface area contributed by atoms with Gasteiger partial charge in [-0.25, -0.2) is 13.1 Å². The van der Waals surface area contributed by atoms with E-state index in [-0.39, 0.29) is 10.3 Å². The lowest BCUT2D eigenvalue weighted by Gasteiger charge is -2.38. The van der Waals surface area contributed by atoms with Gasteiger partial charge in [-0.3, -0.25) is 0 Å². The van der Waals surface area contributed by atoms with E-state index in [1.54, 1.807) is 6.07 Å². The SMILES string of the molecule is COc1cc(C)c(N)cc1S(=O)(=O)NCC1(C)CCC1. The normalized spacial score (nSPS) is 17.6. The Morgan fingerprint density at radius 2 is 2.05 bits per heavy atom. The van der Waals surface area contributed by atoms with Gasteiger partial charge in [0.25, 0.3) is 0 Å². The van der Waals surface area contributed by atoms with Gasteiger partial charge in [-0.05, 0) is 42.9 Å². The predicted molar refractivity (Wildman–Crippen MR) is 79.3 cm³/mol. The molecule has 1 aliphatic rings. The summed E-state index contributed by atoms with van der Waals surface area (Å²) < 4.78 is 32.7. The molecule has 0 aliphatic heterocycles. The van der Waals surface area contributed by atoms with Crippen molar-refractivity contribution in [3.8, 4) is 5.75 Å². The molecule has 0 heterocycles. The molecule has 1 aliphatic carbocycles. The molecule has 0 aromatic heterocycles. The number of sulfonamides is 1. The Bertz CT molecular complexity index is 607. The number of nitrogens with one attached hydrogen (secondary N) is 1. The number of benzene rings is 1. The van der Waals surface area contributed by atoms with Crippen LogP contribution in [0.1, 0.15) is 31.7 Å². The highest BCUT2D eigenvalue weighted by Gasteiger charge is 2.33. The second-order valence-electron chi connectivity index (χ2n) is 5.85.